The zero-order valence-electron chi connectivity index (χ0n) is 16.0. The average molecular weight is 377 g/mol. The Morgan fingerprint density at radius 1 is 1.18 bits per heavy atom. The lowest BCUT2D eigenvalue weighted by Gasteiger charge is -2.13. The van der Waals surface area contributed by atoms with E-state index in [1.165, 1.54) is 18.9 Å². The van der Waals surface area contributed by atoms with Crippen LogP contribution in [0.25, 0.3) is 11.0 Å². The molecule has 2 aromatic carbocycles. The summed E-state index contributed by atoms with van der Waals surface area (Å²) in [6.45, 7) is 4.30. The maximum absolute atomic E-state index is 12.3. The van der Waals surface area contributed by atoms with Gasteiger partial charge in [0.05, 0.1) is 0 Å². The van der Waals surface area contributed by atoms with E-state index in [1.54, 1.807) is 6.07 Å². The number of hydrogen-bond donors (Lipinski definition) is 1. The minimum atomic E-state index is -0.369. The summed E-state index contributed by atoms with van der Waals surface area (Å²) in [5.74, 6) is 1.22. The minimum Gasteiger partial charge on any atom is -0.489 e. The lowest BCUT2D eigenvalue weighted by molar-refractivity contribution is 0.0936. The van der Waals surface area contributed by atoms with Crippen LogP contribution in [0.2, 0.25) is 0 Å². The molecule has 144 valence electrons. The third-order valence-electron chi connectivity index (χ3n) is 5.23. The van der Waals surface area contributed by atoms with Gasteiger partial charge >= 0.3 is 5.63 Å². The highest BCUT2D eigenvalue weighted by molar-refractivity contribution is 5.94. The van der Waals surface area contributed by atoms with Crippen molar-refractivity contribution in [1.82, 2.24) is 5.32 Å². The predicted molar refractivity (Wildman–Crippen MR) is 108 cm³/mol. The Labute approximate surface area is 163 Å². The van der Waals surface area contributed by atoms with E-state index < -0.39 is 0 Å². The fourth-order valence-corrected chi connectivity index (χ4v) is 3.32. The van der Waals surface area contributed by atoms with Gasteiger partial charge in [0.2, 0.25) is 0 Å². The van der Waals surface area contributed by atoms with Crippen molar-refractivity contribution in [3.05, 3.63) is 75.6 Å². The molecule has 1 heterocycles. The van der Waals surface area contributed by atoms with Crippen molar-refractivity contribution in [3.63, 3.8) is 0 Å². The molecule has 0 bridgehead atoms. The first-order chi connectivity index (χ1) is 13.5. The molecule has 0 aliphatic heterocycles. The van der Waals surface area contributed by atoms with Gasteiger partial charge in [0.15, 0.2) is 0 Å². The van der Waals surface area contributed by atoms with Gasteiger partial charge in [-0.15, -0.1) is 0 Å². The standard InChI is InChI=1S/C23H23NO4/c1-14-11-22(25)28-21-12-19(9-10-20(14)21)27-13-16-3-5-18(6-4-16)23(26)24-15(2)17-7-8-17/h3-6,9-12,15,17H,7-8,13H2,1-2H3,(H,24,26). The number of benzene rings is 2. The highest BCUT2D eigenvalue weighted by Crippen LogP contribution is 2.32. The van der Waals surface area contributed by atoms with Crippen LogP contribution in [0.15, 0.2) is 57.7 Å². The number of carbonyl (C=O) groups is 1. The molecule has 0 spiro atoms. The molecule has 1 amide bonds. The first kappa shape index (κ1) is 18.3. The minimum absolute atomic E-state index is 0.0354. The van der Waals surface area contributed by atoms with Crippen molar-refractivity contribution in [3.8, 4) is 5.75 Å². The number of ether oxygens (including phenoxy) is 1. The number of amides is 1. The Morgan fingerprint density at radius 3 is 2.64 bits per heavy atom. The summed E-state index contributed by atoms with van der Waals surface area (Å²) in [7, 11) is 0. The summed E-state index contributed by atoms with van der Waals surface area (Å²) >= 11 is 0. The molecular formula is C23H23NO4. The van der Waals surface area contributed by atoms with Gasteiger partial charge in [-0.25, -0.2) is 4.79 Å². The van der Waals surface area contributed by atoms with Crippen LogP contribution < -0.4 is 15.7 Å². The Morgan fingerprint density at radius 2 is 1.93 bits per heavy atom. The summed E-state index contributed by atoms with van der Waals surface area (Å²) < 4.78 is 11.1. The Balaban J connectivity index is 1.40. The summed E-state index contributed by atoms with van der Waals surface area (Å²) in [6, 6.07) is 14.6. The molecule has 1 atom stereocenters. The maximum atomic E-state index is 12.3. The summed E-state index contributed by atoms with van der Waals surface area (Å²) in [5, 5.41) is 3.95. The third kappa shape index (κ3) is 4.09. The van der Waals surface area contributed by atoms with E-state index in [0.717, 1.165) is 16.5 Å². The molecule has 1 aliphatic rings. The Kier molecular flexibility index (Phi) is 4.90. The SMILES string of the molecule is Cc1cc(=O)oc2cc(OCc3ccc(C(=O)NC(C)C4CC4)cc3)ccc12. The number of fused-ring (bicyclic) bond motifs is 1. The first-order valence-electron chi connectivity index (χ1n) is 9.57. The zero-order valence-corrected chi connectivity index (χ0v) is 16.0. The number of aryl methyl sites for hydroxylation is 1. The summed E-state index contributed by atoms with van der Waals surface area (Å²) in [6.07, 6.45) is 2.41. The van der Waals surface area contributed by atoms with E-state index in [1.807, 2.05) is 43.3 Å². The van der Waals surface area contributed by atoms with Gasteiger partial charge in [-0.2, -0.15) is 0 Å². The molecule has 0 saturated heterocycles. The van der Waals surface area contributed by atoms with Crippen molar-refractivity contribution in [2.45, 2.75) is 39.3 Å². The van der Waals surface area contributed by atoms with Crippen molar-refractivity contribution >= 4 is 16.9 Å². The van der Waals surface area contributed by atoms with Crippen LogP contribution in [0.5, 0.6) is 5.75 Å². The molecule has 0 radical (unpaired) electrons. The van der Waals surface area contributed by atoms with Crippen LogP contribution in [0, 0.1) is 12.8 Å². The van der Waals surface area contributed by atoms with Gasteiger partial charge in [0.1, 0.15) is 17.9 Å². The molecule has 1 aliphatic carbocycles. The van der Waals surface area contributed by atoms with E-state index in [9.17, 15) is 9.59 Å². The highest BCUT2D eigenvalue weighted by atomic mass is 16.5. The van der Waals surface area contributed by atoms with Crippen LogP contribution in [0.1, 0.15) is 41.3 Å². The number of hydrogen-bond acceptors (Lipinski definition) is 4. The van der Waals surface area contributed by atoms with E-state index in [4.69, 9.17) is 9.15 Å². The molecule has 1 aromatic heterocycles. The van der Waals surface area contributed by atoms with Gasteiger partial charge in [-0.3, -0.25) is 4.79 Å². The average Bonchev–Trinajstić information content (AvgIpc) is 3.51. The molecule has 1 N–H and O–H groups in total. The molecule has 3 aromatic rings. The van der Waals surface area contributed by atoms with Crippen LogP contribution in [0.3, 0.4) is 0 Å². The first-order valence-corrected chi connectivity index (χ1v) is 9.57. The van der Waals surface area contributed by atoms with Crippen LogP contribution in [-0.4, -0.2) is 11.9 Å². The number of carbonyl (C=O) groups excluding carboxylic acids is 1. The molecule has 5 nitrogen and oxygen atoms in total. The molecule has 4 rings (SSSR count). The summed E-state index contributed by atoms with van der Waals surface area (Å²) in [5.41, 5.74) is 2.63. The quantitative estimate of drug-likeness (QED) is 0.654. The second kappa shape index (κ2) is 7.50. The maximum Gasteiger partial charge on any atom is 0.336 e. The van der Waals surface area contributed by atoms with E-state index in [0.29, 0.717) is 29.4 Å². The van der Waals surface area contributed by atoms with E-state index in [2.05, 4.69) is 12.2 Å². The lowest BCUT2D eigenvalue weighted by Crippen LogP contribution is -2.33. The largest absolute Gasteiger partial charge is 0.489 e. The molecule has 5 heteroatoms. The van der Waals surface area contributed by atoms with Gasteiger partial charge in [-0.05, 0) is 68.0 Å². The van der Waals surface area contributed by atoms with Crippen molar-refractivity contribution in [1.29, 1.82) is 0 Å². The van der Waals surface area contributed by atoms with E-state index in [-0.39, 0.29) is 17.6 Å². The molecule has 1 saturated carbocycles. The third-order valence-corrected chi connectivity index (χ3v) is 5.23. The van der Waals surface area contributed by atoms with Crippen molar-refractivity contribution in [2.75, 3.05) is 0 Å². The monoisotopic (exact) mass is 377 g/mol. The summed E-state index contributed by atoms with van der Waals surface area (Å²) in [4.78, 5) is 23.8. The van der Waals surface area contributed by atoms with Gasteiger partial charge in [0, 0.05) is 29.1 Å². The lowest BCUT2D eigenvalue weighted by atomic mass is 10.1. The molecular weight excluding hydrogens is 354 g/mol. The fraction of sp³-hybridized carbons (Fsp3) is 0.304. The van der Waals surface area contributed by atoms with Gasteiger partial charge < -0.3 is 14.5 Å². The Hall–Kier alpha value is -3.08. The zero-order chi connectivity index (χ0) is 19.7. The van der Waals surface area contributed by atoms with E-state index >= 15 is 0 Å². The topological polar surface area (TPSA) is 68.5 Å². The van der Waals surface area contributed by atoms with Crippen molar-refractivity contribution < 1.29 is 13.9 Å². The second-order valence-electron chi connectivity index (χ2n) is 7.49. The van der Waals surface area contributed by atoms with Crippen LogP contribution in [-0.2, 0) is 6.61 Å². The van der Waals surface area contributed by atoms with Crippen LogP contribution in [0.4, 0.5) is 0 Å². The normalized spacial score (nSPS) is 14.6. The molecule has 28 heavy (non-hydrogen) atoms. The number of rotatable bonds is 6. The second-order valence-corrected chi connectivity index (χ2v) is 7.49. The van der Waals surface area contributed by atoms with Crippen molar-refractivity contribution in [2.24, 2.45) is 5.92 Å². The number of nitrogens with one attached hydrogen (secondary N) is 1. The molecule has 1 fully saturated rings. The highest BCUT2D eigenvalue weighted by Gasteiger charge is 2.29. The smallest absolute Gasteiger partial charge is 0.336 e. The predicted octanol–water partition coefficient (Wildman–Crippen LogP) is 4.21. The van der Waals surface area contributed by atoms with Gasteiger partial charge in [0.25, 0.3) is 5.91 Å². The fourth-order valence-electron chi connectivity index (χ4n) is 3.32. The molecule has 1 unspecified atom stereocenters. The van der Waals surface area contributed by atoms with Crippen LogP contribution >= 0.6 is 0 Å². The Bertz CT molecular complexity index is 1060. The van der Waals surface area contributed by atoms with Gasteiger partial charge in [-0.1, -0.05) is 12.1 Å².